The van der Waals surface area contributed by atoms with E-state index >= 15 is 0 Å². The molecule has 0 aromatic heterocycles. The lowest BCUT2D eigenvalue weighted by Crippen LogP contribution is -2.13. The zero-order valence-electron chi connectivity index (χ0n) is 14.3. The number of hydrogen-bond donors (Lipinski definition) is 1. The molecule has 0 fully saturated rings. The first-order valence-electron chi connectivity index (χ1n) is 8.55. The maximum atomic E-state index is 5.78. The van der Waals surface area contributed by atoms with Crippen molar-refractivity contribution >= 4 is 5.69 Å². The van der Waals surface area contributed by atoms with E-state index in [4.69, 9.17) is 24.7 Å². The van der Waals surface area contributed by atoms with Gasteiger partial charge in [0.1, 0.15) is 12.4 Å². The minimum Gasteiger partial charge on any atom is -0.489 e. The van der Waals surface area contributed by atoms with Crippen LogP contribution in [0.25, 0.3) is 0 Å². The number of nitrogens with two attached hydrogens (primary N) is 1. The molecular formula is C18H31NO4. The average molecular weight is 325 g/mol. The maximum absolute atomic E-state index is 5.78. The molecule has 0 radical (unpaired) electrons. The predicted molar refractivity (Wildman–Crippen MR) is 92.9 cm³/mol. The van der Waals surface area contributed by atoms with Crippen molar-refractivity contribution < 1.29 is 18.9 Å². The quantitative estimate of drug-likeness (QED) is 0.396. The highest BCUT2D eigenvalue weighted by atomic mass is 16.6. The summed E-state index contributed by atoms with van der Waals surface area (Å²) < 4.78 is 21.9. The lowest BCUT2D eigenvalue weighted by atomic mass is 10.2. The summed E-state index contributed by atoms with van der Waals surface area (Å²) in [4.78, 5) is 0. The van der Waals surface area contributed by atoms with E-state index in [1.54, 1.807) is 0 Å². The normalized spacial score (nSPS) is 10.8. The molecular weight excluding hydrogens is 294 g/mol. The van der Waals surface area contributed by atoms with Crippen LogP contribution < -0.4 is 10.5 Å². The largest absolute Gasteiger partial charge is 0.489 e. The van der Waals surface area contributed by atoms with Crippen LogP contribution in [0, 0.1) is 0 Å². The SMILES string of the molecule is CCCCCCOCCOCCOCCOc1ccccc1N. The lowest BCUT2D eigenvalue weighted by molar-refractivity contribution is 0.00883. The molecule has 0 aliphatic heterocycles. The van der Waals surface area contributed by atoms with E-state index in [9.17, 15) is 0 Å². The van der Waals surface area contributed by atoms with Gasteiger partial charge in [0.05, 0.1) is 38.7 Å². The van der Waals surface area contributed by atoms with E-state index in [-0.39, 0.29) is 0 Å². The van der Waals surface area contributed by atoms with Gasteiger partial charge in [0, 0.05) is 6.61 Å². The first-order valence-corrected chi connectivity index (χ1v) is 8.55. The number of unbranched alkanes of at least 4 members (excludes halogenated alkanes) is 3. The van der Waals surface area contributed by atoms with Crippen molar-refractivity contribution in [1.82, 2.24) is 0 Å². The number of hydrogen-bond acceptors (Lipinski definition) is 5. The second-order valence-electron chi connectivity index (χ2n) is 5.28. The number of nitrogen functional groups attached to an aromatic ring is 1. The highest BCUT2D eigenvalue weighted by Gasteiger charge is 1.98. The van der Waals surface area contributed by atoms with Crippen LogP contribution in [0.3, 0.4) is 0 Å². The molecule has 5 nitrogen and oxygen atoms in total. The molecule has 0 saturated heterocycles. The summed E-state index contributed by atoms with van der Waals surface area (Å²) in [7, 11) is 0. The first kappa shape index (κ1) is 19.7. The summed E-state index contributed by atoms with van der Waals surface area (Å²) in [5.41, 5.74) is 6.42. The van der Waals surface area contributed by atoms with Crippen molar-refractivity contribution in [3.05, 3.63) is 24.3 Å². The van der Waals surface area contributed by atoms with Crippen molar-refractivity contribution in [3.8, 4) is 5.75 Å². The number of benzene rings is 1. The third-order valence-electron chi connectivity index (χ3n) is 3.29. The molecule has 0 unspecified atom stereocenters. The van der Waals surface area contributed by atoms with Crippen molar-refractivity contribution in [2.75, 3.05) is 52.0 Å². The Bertz CT molecular complexity index is 387. The van der Waals surface area contributed by atoms with Crippen molar-refractivity contribution in [1.29, 1.82) is 0 Å². The molecule has 0 aliphatic carbocycles. The fraction of sp³-hybridized carbons (Fsp3) is 0.667. The maximum Gasteiger partial charge on any atom is 0.142 e. The van der Waals surface area contributed by atoms with Gasteiger partial charge in [0.25, 0.3) is 0 Å². The van der Waals surface area contributed by atoms with E-state index in [2.05, 4.69) is 6.92 Å². The Morgan fingerprint density at radius 2 is 1.35 bits per heavy atom. The van der Waals surface area contributed by atoms with Gasteiger partial charge in [-0.25, -0.2) is 0 Å². The third kappa shape index (κ3) is 11.0. The average Bonchev–Trinajstić information content (AvgIpc) is 2.57. The molecule has 132 valence electrons. The lowest BCUT2D eigenvalue weighted by Gasteiger charge is -2.09. The van der Waals surface area contributed by atoms with Gasteiger partial charge in [-0.05, 0) is 18.6 Å². The van der Waals surface area contributed by atoms with Crippen LogP contribution in [0.5, 0.6) is 5.75 Å². The molecule has 5 heteroatoms. The first-order chi connectivity index (χ1) is 11.3. The third-order valence-corrected chi connectivity index (χ3v) is 3.29. The molecule has 0 spiro atoms. The van der Waals surface area contributed by atoms with Gasteiger partial charge in [-0.2, -0.15) is 0 Å². The number of anilines is 1. The standard InChI is InChI=1S/C18H31NO4/c1-2-3-4-7-10-20-11-12-21-13-14-22-15-16-23-18-9-6-5-8-17(18)19/h5-6,8-9H,2-4,7,10-16,19H2,1H3. The Kier molecular flexibility index (Phi) is 12.3. The summed E-state index contributed by atoms with van der Waals surface area (Å²) >= 11 is 0. The Hall–Kier alpha value is -1.30. The molecule has 1 aromatic rings. The molecule has 2 N–H and O–H groups in total. The van der Waals surface area contributed by atoms with E-state index in [0.29, 0.717) is 51.1 Å². The Balaban J connectivity index is 1.79. The number of para-hydroxylation sites is 2. The van der Waals surface area contributed by atoms with Crippen LogP contribution in [0.4, 0.5) is 5.69 Å². The van der Waals surface area contributed by atoms with E-state index in [1.165, 1.54) is 19.3 Å². The van der Waals surface area contributed by atoms with Crippen LogP contribution in [-0.4, -0.2) is 46.2 Å². The highest BCUT2D eigenvalue weighted by molar-refractivity contribution is 5.51. The molecule has 1 rings (SSSR count). The molecule has 0 atom stereocenters. The summed E-state index contributed by atoms with van der Waals surface area (Å²) in [6, 6.07) is 7.44. The number of rotatable bonds is 15. The molecule has 0 heterocycles. The van der Waals surface area contributed by atoms with Gasteiger partial charge in [-0.1, -0.05) is 38.3 Å². The van der Waals surface area contributed by atoms with Gasteiger partial charge < -0.3 is 24.7 Å². The summed E-state index contributed by atoms with van der Waals surface area (Å²) in [6.45, 7) is 6.45. The Morgan fingerprint density at radius 3 is 2.00 bits per heavy atom. The smallest absolute Gasteiger partial charge is 0.142 e. The molecule has 0 saturated carbocycles. The van der Waals surface area contributed by atoms with Crippen LogP contribution in [0.2, 0.25) is 0 Å². The molecule has 1 aromatic carbocycles. The molecule has 0 aliphatic rings. The van der Waals surface area contributed by atoms with Crippen molar-refractivity contribution in [3.63, 3.8) is 0 Å². The molecule has 0 amide bonds. The number of ether oxygens (including phenoxy) is 4. The fourth-order valence-electron chi connectivity index (χ4n) is 2.00. The summed E-state index contributed by atoms with van der Waals surface area (Å²) in [6.07, 6.45) is 4.94. The summed E-state index contributed by atoms with van der Waals surface area (Å²) in [5.74, 6) is 0.698. The second kappa shape index (κ2) is 14.3. The zero-order valence-corrected chi connectivity index (χ0v) is 14.3. The van der Waals surface area contributed by atoms with E-state index < -0.39 is 0 Å². The van der Waals surface area contributed by atoms with E-state index in [0.717, 1.165) is 13.0 Å². The summed E-state index contributed by atoms with van der Waals surface area (Å²) in [5, 5.41) is 0. The topological polar surface area (TPSA) is 62.9 Å². The monoisotopic (exact) mass is 325 g/mol. The highest BCUT2D eigenvalue weighted by Crippen LogP contribution is 2.19. The van der Waals surface area contributed by atoms with Crippen LogP contribution in [0.1, 0.15) is 32.6 Å². The van der Waals surface area contributed by atoms with Gasteiger partial charge in [-0.3, -0.25) is 0 Å². The van der Waals surface area contributed by atoms with Gasteiger partial charge in [0.15, 0.2) is 0 Å². The fourth-order valence-corrected chi connectivity index (χ4v) is 2.00. The van der Waals surface area contributed by atoms with Crippen LogP contribution >= 0.6 is 0 Å². The second-order valence-corrected chi connectivity index (χ2v) is 5.28. The molecule has 23 heavy (non-hydrogen) atoms. The minimum absolute atomic E-state index is 0.481. The van der Waals surface area contributed by atoms with Gasteiger partial charge in [0.2, 0.25) is 0 Å². The van der Waals surface area contributed by atoms with Crippen molar-refractivity contribution in [2.45, 2.75) is 32.6 Å². The van der Waals surface area contributed by atoms with Crippen molar-refractivity contribution in [2.24, 2.45) is 0 Å². The Morgan fingerprint density at radius 1 is 0.739 bits per heavy atom. The molecule has 0 bridgehead atoms. The van der Waals surface area contributed by atoms with E-state index in [1.807, 2.05) is 24.3 Å². The zero-order chi connectivity index (χ0) is 16.6. The minimum atomic E-state index is 0.481. The van der Waals surface area contributed by atoms with Gasteiger partial charge >= 0.3 is 0 Å². The van der Waals surface area contributed by atoms with Crippen LogP contribution in [0.15, 0.2) is 24.3 Å². The van der Waals surface area contributed by atoms with Crippen LogP contribution in [-0.2, 0) is 14.2 Å². The van der Waals surface area contributed by atoms with Gasteiger partial charge in [-0.15, -0.1) is 0 Å². The Labute approximate surface area is 140 Å². The predicted octanol–water partition coefficient (Wildman–Crippen LogP) is 3.28.